The number of carbonyl (C=O) groups is 1. The SMILES string of the molecule is Cc1nn(-c2cc(Oc3ccc(C(=O)Cl)cc3)c(Cl)cc2F)c(=O)n1C(F)F. The minimum atomic E-state index is -3.13. The third kappa shape index (κ3) is 3.76. The highest BCUT2D eigenvalue weighted by Gasteiger charge is 2.21. The average Bonchev–Trinajstić information content (AvgIpc) is 2.92. The Morgan fingerprint density at radius 1 is 1.21 bits per heavy atom. The summed E-state index contributed by atoms with van der Waals surface area (Å²) in [6.45, 7) is -1.94. The van der Waals surface area contributed by atoms with Crippen LogP contribution in [0.25, 0.3) is 5.69 Å². The first-order valence-corrected chi connectivity index (χ1v) is 8.38. The second-order valence-electron chi connectivity index (χ2n) is 5.52. The number of rotatable bonds is 5. The van der Waals surface area contributed by atoms with Gasteiger partial charge in [-0.2, -0.15) is 13.5 Å². The van der Waals surface area contributed by atoms with Crippen LogP contribution in [0.4, 0.5) is 13.2 Å². The smallest absolute Gasteiger partial charge is 0.355 e. The van der Waals surface area contributed by atoms with E-state index in [2.05, 4.69) is 5.10 Å². The molecule has 2 aromatic carbocycles. The number of aryl methyl sites for hydroxylation is 1. The van der Waals surface area contributed by atoms with Crippen LogP contribution in [-0.4, -0.2) is 19.6 Å². The summed E-state index contributed by atoms with van der Waals surface area (Å²) < 4.78 is 46.4. The summed E-state index contributed by atoms with van der Waals surface area (Å²) >= 11 is 11.3. The molecule has 0 aliphatic carbocycles. The van der Waals surface area contributed by atoms with Gasteiger partial charge in [0.05, 0.1) is 5.02 Å². The Morgan fingerprint density at radius 3 is 2.39 bits per heavy atom. The fourth-order valence-electron chi connectivity index (χ4n) is 2.40. The lowest BCUT2D eigenvalue weighted by atomic mass is 10.2. The zero-order valence-corrected chi connectivity index (χ0v) is 15.5. The van der Waals surface area contributed by atoms with E-state index in [1.165, 1.54) is 31.2 Å². The molecule has 0 saturated heterocycles. The third-order valence-electron chi connectivity index (χ3n) is 3.71. The van der Waals surface area contributed by atoms with Crippen molar-refractivity contribution in [1.29, 1.82) is 0 Å². The summed E-state index contributed by atoms with van der Waals surface area (Å²) in [5.74, 6) is -1.07. The molecule has 1 aromatic heterocycles. The number of ether oxygens (including phenoxy) is 1. The highest BCUT2D eigenvalue weighted by Crippen LogP contribution is 2.33. The summed E-state index contributed by atoms with van der Waals surface area (Å²) in [6.07, 6.45) is 0. The zero-order chi connectivity index (χ0) is 20.6. The number of carbonyl (C=O) groups excluding carboxylic acids is 1. The van der Waals surface area contributed by atoms with Crippen LogP contribution in [0.15, 0.2) is 41.2 Å². The Bertz CT molecular complexity index is 1110. The molecule has 0 bridgehead atoms. The Kier molecular flexibility index (Phi) is 5.48. The fraction of sp³-hybridized carbons (Fsp3) is 0.118. The molecule has 0 saturated carbocycles. The highest BCUT2D eigenvalue weighted by molar-refractivity contribution is 6.67. The van der Waals surface area contributed by atoms with Gasteiger partial charge in [-0.15, -0.1) is 5.10 Å². The van der Waals surface area contributed by atoms with Crippen molar-refractivity contribution < 1.29 is 22.7 Å². The number of nitrogens with zero attached hydrogens (tertiary/aromatic N) is 3. The molecule has 11 heteroatoms. The highest BCUT2D eigenvalue weighted by atomic mass is 35.5. The van der Waals surface area contributed by atoms with Crippen molar-refractivity contribution in [1.82, 2.24) is 14.3 Å². The molecular weight excluding hydrogens is 422 g/mol. The summed E-state index contributed by atoms with van der Waals surface area (Å²) in [5, 5.41) is 2.89. The minimum absolute atomic E-state index is 0.0563. The summed E-state index contributed by atoms with van der Waals surface area (Å²) in [6, 6.07) is 7.59. The lowest BCUT2D eigenvalue weighted by Crippen LogP contribution is -2.25. The number of alkyl halides is 2. The molecule has 3 aromatic rings. The Labute approximate surface area is 165 Å². The maximum absolute atomic E-state index is 14.3. The monoisotopic (exact) mass is 431 g/mol. The minimum Gasteiger partial charge on any atom is -0.456 e. The lowest BCUT2D eigenvalue weighted by molar-refractivity contribution is 0.0640. The van der Waals surface area contributed by atoms with E-state index in [0.717, 1.165) is 12.1 Å². The summed E-state index contributed by atoms with van der Waals surface area (Å²) in [4.78, 5) is 23.2. The van der Waals surface area contributed by atoms with Crippen molar-refractivity contribution in [2.45, 2.75) is 13.5 Å². The molecular formula is C17H10Cl2F3N3O3. The van der Waals surface area contributed by atoms with Crippen LogP contribution in [0.5, 0.6) is 11.5 Å². The van der Waals surface area contributed by atoms with E-state index < -0.39 is 29.0 Å². The van der Waals surface area contributed by atoms with Crippen LogP contribution in [0.3, 0.4) is 0 Å². The van der Waals surface area contributed by atoms with Crippen molar-refractivity contribution in [3.8, 4) is 17.2 Å². The largest absolute Gasteiger partial charge is 0.456 e. The van der Waals surface area contributed by atoms with Crippen LogP contribution in [0.1, 0.15) is 22.7 Å². The van der Waals surface area contributed by atoms with Gasteiger partial charge in [-0.1, -0.05) is 11.6 Å². The first kappa shape index (κ1) is 20.0. The molecule has 0 N–H and O–H groups in total. The number of benzene rings is 2. The van der Waals surface area contributed by atoms with E-state index >= 15 is 0 Å². The predicted octanol–water partition coefficient (Wildman–Crippen LogP) is 4.70. The standard InChI is InChI=1S/C17H10Cl2F3N3O3/c1-8-23-25(17(27)24(8)16(21)22)13-7-14(11(18)6-12(13)20)28-10-4-2-9(3-5-10)15(19)26/h2-7,16H,1H3. The van der Waals surface area contributed by atoms with Gasteiger partial charge < -0.3 is 4.74 Å². The predicted molar refractivity (Wildman–Crippen MR) is 95.5 cm³/mol. The molecule has 0 atom stereocenters. The zero-order valence-electron chi connectivity index (χ0n) is 14.0. The molecule has 0 aliphatic heterocycles. The number of aromatic nitrogens is 3. The van der Waals surface area contributed by atoms with E-state index in [1.54, 1.807) is 0 Å². The van der Waals surface area contributed by atoms with Gasteiger partial charge in [0.1, 0.15) is 23.0 Å². The van der Waals surface area contributed by atoms with Gasteiger partial charge in [-0.05, 0) is 48.9 Å². The number of hydrogen-bond acceptors (Lipinski definition) is 4. The topological polar surface area (TPSA) is 66.1 Å². The molecule has 0 spiro atoms. The van der Waals surface area contributed by atoms with Crippen molar-refractivity contribution in [2.75, 3.05) is 0 Å². The second kappa shape index (κ2) is 7.69. The summed E-state index contributed by atoms with van der Waals surface area (Å²) in [7, 11) is 0. The molecule has 0 unspecified atom stereocenters. The van der Waals surface area contributed by atoms with Crippen molar-refractivity contribution in [3.05, 3.63) is 69.1 Å². The van der Waals surface area contributed by atoms with E-state index in [0.29, 0.717) is 4.68 Å². The maximum Gasteiger partial charge on any atom is 0.355 e. The molecule has 0 amide bonds. The van der Waals surface area contributed by atoms with Gasteiger partial charge in [-0.3, -0.25) is 4.79 Å². The number of halogens is 5. The molecule has 1 heterocycles. The van der Waals surface area contributed by atoms with E-state index in [-0.39, 0.29) is 32.5 Å². The molecule has 28 heavy (non-hydrogen) atoms. The van der Waals surface area contributed by atoms with Crippen LogP contribution >= 0.6 is 23.2 Å². The van der Waals surface area contributed by atoms with Crippen molar-refractivity contribution in [3.63, 3.8) is 0 Å². The van der Waals surface area contributed by atoms with Gasteiger partial charge in [0.15, 0.2) is 5.82 Å². The first-order valence-electron chi connectivity index (χ1n) is 7.62. The maximum atomic E-state index is 14.3. The molecule has 6 nitrogen and oxygen atoms in total. The van der Waals surface area contributed by atoms with E-state index in [4.69, 9.17) is 27.9 Å². The summed E-state index contributed by atoms with van der Waals surface area (Å²) in [5.41, 5.74) is -1.40. The van der Waals surface area contributed by atoms with E-state index in [1.807, 2.05) is 0 Å². The van der Waals surface area contributed by atoms with Crippen molar-refractivity contribution >= 4 is 28.4 Å². The van der Waals surface area contributed by atoms with Gasteiger partial charge in [0, 0.05) is 11.6 Å². The van der Waals surface area contributed by atoms with E-state index in [9.17, 15) is 22.8 Å². The Morgan fingerprint density at radius 2 is 1.86 bits per heavy atom. The molecule has 0 aliphatic rings. The van der Waals surface area contributed by atoms with Crippen LogP contribution < -0.4 is 10.4 Å². The van der Waals surface area contributed by atoms with Gasteiger partial charge in [0.2, 0.25) is 0 Å². The van der Waals surface area contributed by atoms with Crippen molar-refractivity contribution in [2.24, 2.45) is 0 Å². The van der Waals surface area contributed by atoms with Gasteiger partial charge >= 0.3 is 12.2 Å². The number of hydrogen-bond donors (Lipinski definition) is 0. The average molecular weight is 432 g/mol. The van der Waals surface area contributed by atoms with Crippen LogP contribution in [0.2, 0.25) is 5.02 Å². The normalized spacial score (nSPS) is 11.1. The second-order valence-corrected chi connectivity index (χ2v) is 6.27. The molecule has 3 rings (SSSR count). The Hall–Kier alpha value is -2.78. The van der Waals surface area contributed by atoms with Gasteiger partial charge in [-0.25, -0.2) is 13.8 Å². The third-order valence-corrected chi connectivity index (χ3v) is 4.23. The first-order chi connectivity index (χ1) is 13.2. The molecule has 0 fully saturated rings. The van der Waals surface area contributed by atoms with Crippen LogP contribution in [-0.2, 0) is 0 Å². The fourth-order valence-corrected chi connectivity index (χ4v) is 2.71. The van der Waals surface area contributed by atoms with Gasteiger partial charge in [0.25, 0.3) is 5.24 Å². The molecule has 146 valence electrons. The van der Waals surface area contributed by atoms with Crippen LogP contribution in [0, 0.1) is 12.7 Å². The quantitative estimate of drug-likeness (QED) is 0.549. The Balaban J connectivity index is 2.03. The lowest BCUT2D eigenvalue weighted by Gasteiger charge is -2.10. The molecule has 0 radical (unpaired) electrons.